The van der Waals surface area contributed by atoms with E-state index in [-0.39, 0.29) is 20.6 Å². The Morgan fingerprint density at radius 1 is 1.17 bits per heavy atom. The van der Waals surface area contributed by atoms with Crippen LogP contribution in [-0.2, 0) is 9.53 Å². The van der Waals surface area contributed by atoms with Gasteiger partial charge in [0, 0.05) is 20.1 Å². The standard InChI is InChI=1S/C8H16O2.2CH4/c1-8(9)6-4-3-5-7-10-2;;/h3-7H2,1-2H3;2*1H4. The van der Waals surface area contributed by atoms with E-state index in [1.807, 2.05) is 0 Å². The lowest BCUT2D eigenvalue weighted by Gasteiger charge is -1.96. The molecule has 2 heteroatoms. The molecule has 0 heterocycles. The van der Waals surface area contributed by atoms with E-state index in [0.29, 0.717) is 0 Å². The number of hydrogen-bond acceptors (Lipinski definition) is 2. The number of hydrogen-bond donors (Lipinski definition) is 0. The normalized spacial score (nSPS) is 8.17. The van der Waals surface area contributed by atoms with Crippen LogP contribution in [0.3, 0.4) is 0 Å². The fraction of sp³-hybridized carbons (Fsp3) is 0.900. The zero-order valence-corrected chi connectivity index (χ0v) is 6.85. The summed E-state index contributed by atoms with van der Waals surface area (Å²) >= 11 is 0. The van der Waals surface area contributed by atoms with Gasteiger partial charge in [0.1, 0.15) is 5.78 Å². The van der Waals surface area contributed by atoms with Crippen molar-refractivity contribution < 1.29 is 9.53 Å². The molecule has 0 spiro atoms. The third-order valence-corrected chi connectivity index (χ3v) is 1.38. The number of Topliss-reactive ketones (excluding diaryl/α,β-unsaturated/α-hetero) is 1. The lowest BCUT2D eigenvalue weighted by Crippen LogP contribution is -1.92. The van der Waals surface area contributed by atoms with Crippen LogP contribution in [0.5, 0.6) is 0 Å². The van der Waals surface area contributed by atoms with Crippen molar-refractivity contribution in [1.29, 1.82) is 0 Å². The highest BCUT2D eigenvalue weighted by molar-refractivity contribution is 5.75. The lowest BCUT2D eigenvalue weighted by atomic mass is 10.1. The Kier molecular flexibility index (Phi) is 19.5. The van der Waals surface area contributed by atoms with E-state index in [0.717, 1.165) is 32.3 Å². The van der Waals surface area contributed by atoms with Gasteiger partial charge < -0.3 is 9.53 Å². The van der Waals surface area contributed by atoms with Gasteiger partial charge in [-0.05, 0) is 19.8 Å². The molecule has 0 amide bonds. The highest BCUT2D eigenvalue weighted by atomic mass is 16.5. The summed E-state index contributed by atoms with van der Waals surface area (Å²) in [7, 11) is 1.70. The van der Waals surface area contributed by atoms with Crippen LogP contribution < -0.4 is 0 Å². The topological polar surface area (TPSA) is 26.3 Å². The minimum absolute atomic E-state index is 0. The Morgan fingerprint density at radius 3 is 2.17 bits per heavy atom. The lowest BCUT2D eigenvalue weighted by molar-refractivity contribution is -0.117. The molecule has 0 unspecified atom stereocenters. The first kappa shape index (κ1) is 17.6. The summed E-state index contributed by atoms with van der Waals surface area (Å²) in [6, 6.07) is 0. The van der Waals surface area contributed by atoms with E-state index in [9.17, 15) is 4.79 Å². The Hall–Kier alpha value is -0.370. The zero-order chi connectivity index (χ0) is 7.82. The molecule has 12 heavy (non-hydrogen) atoms. The minimum Gasteiger partial charge on any atom is -0.385 e. The molecule has 0 aromatic rings. The van der Waals surface area contributed by atoms with Crippen molar-refractivity contribution in [2.45, 2.75) is 47.5 Å². The summed E-state index contributed by atoms with van der Waals surface area (Å²) in [6.45, 7) is 2.45. The molecule has 0 saturated carbocycles. The van der Waals surface area contributed by atoms with Crippen LogP contribution in [0.1, 0.15) is 47.5 Å². The largest absolute Gasteiger partial charge is 0.385 e. The molecule has 0 radical (unpaired) electrons. The number of rotatable bonds is 6. The molecule has 0 aliphatic carbocycles. The number of methoxy groups -OCH3 is 1. The SMILES string of the molecule is C.C.COCCCCCC(C)=O. The summed E-state index contributed by atoms with van der Waals surface area (Å²) in [6.07, 6.45) is 3.92. The van der Waals surface area contributed by atoms with Gasteiger partial charge in [-0.25, -0.2) is 0 Å². The van der Waals surface area contributed by atoms with Gasteiger partial charge in [-0.1, -0.05) is 21.3 Å². The molecule has 0 aliphatic rings. The first-order valence-electron chi connectivity index (χ1n) is 3.75. The van der Waals surface area contributed by atoms with E-state index in [1.165, 1.54) is 0 Å². The predicted octanol–water partition coefficient (Wildman–Crippen LogP) is 3.05. The van der Waals surface area contributed by atoms with Gasteiger partial charge in [-0.15, -0.1) is 0 Å². The van der Waals surface area contributed by atoms with Crippen LogP contribution in [-0.4, -0.2) is 19.5 Å². The van der Waals surface area contributed by atoms with Gasteiger partial charge in [-0.3, -0.25) is 0 Å². The second-order valence-corrected chi connectivity index (χ2v) is 2.51. The molecule has 0 bridgehead atoms. The van der Waals surface area contributed by atoms with E-state index < -0.39 is 0 Å². The van der Waals surface area contributed by atoms with Crippen LogP contribution in [0.4, 0.5) is 0 Å². The third kappa shape index (κ3) is 16.3. The molecule has 0 atom stereocenters. The Labute approximate surface area is 77.3 Å². The molecule has 0 aromatic heterocycles. The highest BCUT2D eigenvalue weighted by Gasteiger charge is 1.92. The molecule has 0 saturated heterocycles. The van der Waals surface area contributed by atoms with Crippen molar-refractivity contribution in [2.24, 2.45) is 0 Å². The Balaban J connectivity index is -0.000000405. The van der Waals surface area contributed by atoms with Crippen LogP contribution in [0.2, 0.25) is 0 Å². The van der Waals surface area contributed by atoms with Gasteiger partial charge in [0.25, 0.3) is 0 Å². The number of ether oxygens (including phenoxy) is 1. The van der Waals surface area contributed by atoms with Gasteiger partial charge in [0.2, 0.25) is 0 Å². The number of unbranched alkanes of at least 4 members (excludes halogenated alkanes) is 2. The van der Waals surface area contributed by atoms with Crippen molar-refractivity contribution in [3.05, 3.63) is 0 Å². The van der Waals surface area contributed by atoms with Crippen molar-refractivity contribution in [3.63, 3.8) is 0 Å². The van der Waals surface area contributed by atoms with Crippen molar-refractivity contribution in [3.8, 4) is 0 Å². The van der Waals surface area contributed by atoms with Crippen molar-refractivity contribution >= 4 is 5.78 Å². The van der Waals surface area contributed by atoms with Crippen LogP contribution >= 0.6 is 0 Å². The van der Waals surface area contributed by atoms with E-state index in [1.54, 1.807) is 14.0 Å². The first-order valence-corrected chi connectivity index (χ1v) is 3.75. The van der Waals surface area contributed by atoms with Gasteiger partial charge in [0.15, 0.2) is 0 Å². The van der Waals surface area contributed by atoms with E-state index in [4.69, 9.17) is 4.74 Å². The summed E-state index contributed by atoms with van der Waals surface area (Å²) in [5.41, 5.74) is 0. The monoisotopic (exact) mass is 176 g/mol. The highest BCUT2D eigenvalue weighted by Crippen LogP contribution is 1.99. The summed E-state index contributed by atoms with van der Waals surface area (Å²) in [5.74, 6) is 0.289. The molecule has 76 valence electrons. The molecule has 2 nitrogen and oxygen atoms in total. The maximum atomic E-state index is 10.4. The molecular formula is C10H24O2. The van der Waals surface area contributed by atoms with Crippen molar-refractivity contribution in [1.82, 2.24) is 0 Å². The van der Waals surface area contributed by atoms with Crippen LogP contribution in [0, 0.1) is 0 Å². The van der Waals surface area contributed by atoms with Crippen molar-refractivity contribution in [2.75, 3.05) is 13.7 Å². The summed E-state index contributed by atoms with van der Waals surface area (Å²) < 4.78 is 4.86. The summed E-state index contributed by atoms with van der Waals surface area (Å²) in [5, 5.41) is 0. The fourth-order valence-electron chi connectivity index (χ4n) is 0.797. The average Bonchev–Trinajstić information content (AvgIpc) is 1.87. The van der Waals surface area contributed by atoms with E-state index >= 15 is 0 Å². The van der Waals surface area contributed by atoms with Gasteiger partial charge >= 0.3 is 0 Å². The minimum atomic E-state index is 0. The molecule has 0 aromatic carbocycles. The third-order valence-electron chi connectivity index (χ3n) is 1.38. The maximum absolute atomic E-state index is 10.4. The van der Waals surface area contributed by atoms with E-state index in [2.05, 4.69) is 0 Å². The zero-order valence-electron chi connectivity index (χ0n) is 6.85. The second kappa shape index (κ2) is 13.2. The Morgan fingerprint density at radius 2 is 1.75 bits per heavy atom. The first-order chi connectivity index (χ1) is 4.77. The Bertz CT molecular complexity index is 89.8. The molecular weight excluding hydrogens is 152 g/mol. The number of ketones is 1. The maximum Gasteiger partial charge on any atom is 0.129 e. The molecule has 0 aliphatic heterocycles. The molecule has 0 rings (SSSR count). The molecule has 0 N–H and O–H groups in total. The molecule has 0 fully saturated rings. The van der Waals surface area contributed by atoms with Gasteiger partial charge in [-0.2, -0.15) is 0 Å². The summed E-state index contributed by atoms with van der Waals surface area (Å²) in [4.78, 5) is 10.4. The fourth-order valence-corrected chi connectivity index (χ4v) is 0.797. The number of carbonyl (C=O) groups is 1. The van der Waals surface area contributed by atoms with Crippen LogP contribution in [0.25, 0.3) is 0 Å². The predicted molar refractivity (Wildman–Crippen MR) is 54.5 cm³/mol. The van der Waals surface area contributed by atoms with Crippen LogP contribution in [0.15, 0.2) is 0 Å². The smallest absolute Gasteiger partial charge is 0.129 e. The quantitative estimate of drug-likeness (QED) is 0.581. The average molecular weight is 176 g/mol. The van der Waals surface area contributed by atoms with Gasteiger partial charge in [0.05, 0.1) is 0 Å². The number of carbonyl (C=O) groups excluding carboxylic acids is 1. The second-order valence-electron chi connectivity index (χ2n) is 2.51.